The number of ether oxygens (including phenoxy) is 1. The van der Waals surface area contributed by atoms with Crippen molar-refractivity contribution in [3.8, 4) is 0 Å². The summed E-state index contributed by atoms with van der Waals surface area (Å²) in [6.07, 6.45) is 5.51. The summed E-state index contributed by atoms with van der Waals surface area (Å²) in [4.78, 5) is 4.48. The van der Waals surface area contributed by atoms with Crippen LogP contribution in [0.1, 0.15) is 50.2 Å². The fraction of sp³-hybridized carbons (Fsp3) is 0.846. The molecule has 102 valence electrons. The van der Waals surface area contributed by atoms with Crippen LogP contribution < -0.4 is 5.73 Å². The van der Waals surface area contributed by atoms with E-state index < -0.39 is 0 Å². The molecule has 2 rings (SSSR count). The van der Waals surface area contributed by atoms with Gasteiger partial charge in [-0.05, 0) is 18.8 Å². The lowest BCUT2D eigenvalue weighted by Crippen LogP contribution is -2.28. The van der Waals surface area contributed by atoms with Gasteiger partial charge in [-0.15, -0.1) is 0 Å². The van der Waals surface area contributed by atoms with Crippen LogP contribution >= 0.6 is 0 Å². The third kappa shape index (κ3) is 3.53. The fourth-order valence-corrected chi connectivity index (χ4v) is 2.68. The van der Waals surface area contributed by atoms with Crippen molar-refractivity contribution >= 4 is 0 Å². The van der Waals surface area contributed by atoms with Gasteiger partial charge in [-0.1, -0.05) is 24.9 Å². The smallest absolute Gasteiger partial charge is 0.228 e. The second-order valence-corrected chi connectivity index (χ2v) is 5.43. The summed E-state index contributed by atoms with van der Waals surface area (Å²) in [5.41, 5.74) is 5.87. The minimum Gasteiger partial charge on any atom is -0.383 e. The van der Waals surface area contributed by atoms with Crippen LogP contribution in [0.3, 0.4) is 0 Å². The molecule has 1 aliphatic rings. The summed E-state index contributed by atoms with van der Waals surface area (Å²) in [5.74, 6) is 2.72. The summed E-state index contributed by atoms with van der Waals surface area (Å²) in [7, 11) is 1.64. The quantitative estimate of drug-likeness (QED) is 0.867. The van der Waals surface area contributed by atoms with Crippen LogP contribution in [0.2, 0.25) is 0 Å². The number of rotatable bonds is 5. The Morgan fingerprint density at radius 3 is 3.06 bits per heavy atom. The van der Waals surface area contributed by atoms with Gasteiger partial charge in [0.15, 0.2) is 5.82 Å². The van der Waals surface area contributed by atoms with Gasteiger partial charge in [-0.2, -0.15) is 4.98 Å². The number of nitrogens with two attached hydrogens (primary N) is 1. The van der Waals surface area contributed by atoms with Gasteiger partial charge in [-0.25, -0.2) is 0 Å². The number of hydrogen-bond acceptors (Lipinski definition) is 5. The normalized spacial score (nSPS) is 26.2. The molecule has 0 aliphatic heterocycles. The average Bonchev–Trinajstić information content (AvgIpc) is 2.78. The Kier molecular flexibility index (Phi) is 4.72. The molecule has 2 N–H and O–H groups in total. The third-order valence-electron chi connectivity index (χ3n) is 3.60. The fourth-order valence-electron chi connectivity index (χ4n) is 2.68. The highest BCUT2D eigenvalue weighted by Crippen LogP contribution is 2.34. The zero-order valence-electron chi connectivity index (χ0n) is 11.3. The highest BCUT2D eigenvalue weighted by molar-refractivity contribution is 4.98. The van der Waals surface area contributed by atoms with Gasteiger partial charge in [0.25, 0.3) is 0 Å². The van der Waals surface area contributed by atoms with E-state index in [9.17, 15) is 0 Å². The molecule has 1 aromatic rings. The van der Waals surface area contributed by atoms with Crippen LogP contribution in [-0.4, -0.2) is 29.9 Å². The second kappa shape index (κ2) is 6.29. The molecule has 1 fully saturated rings. The van der Waals surface area contributed by atoms with E-state index in [0.717, 1.165) is 11.7 Å². The van der Waals surface area contributed by atoms with Crippen LogP contribution in [0.25, 0.3) is 0 Å². The lowest BCUT2D eigenvalue weighted by molar-refractivity contribution is 0.176. The van der Waals surface area contributed by atoms with E-state index in [1.807, 2.05) is 0 Å². The van der Waals surface area contributed by atoms with Crippen molar-refractivity contribution in [1.82, 2.24) is 10.1 Å². The molecule has 0 saturated heterocycles. The number of methoxy groups -OCH3 is 1. The van der Waals surface area contributed by atoms with Gasteiger partial charge in [-0.3, -0.25) is 0 Å². The Morgan fingerprint density at radius 1 is 1.50 bits per heavy atom. The molecule has 0 bridgehead atoms. The molecule has 1 heterocycles. The number of hydrogen-bond donors (Lipinski definition) is 1. The average molecular weight is 253 g/mol. The zero-order valence-corrected chi connectivity index (χ0v) is 11.3. The first kappa shape index (κ1) is 13.5. The van der Waals surface area contributed by atoms with Gasteiger partial charge in [0.05, 0.1) is 6.61 Å². The molecule has 0 radical (unpaired) electrons. The lowest BCUT2D eigenvalue weighted by Gasteiger charge is -2.23. The lowest BCUT2D eigenvalue weighted by atomic mass is 9.82. The van der Waals surface area contributed by atoms with Gasteiger partial charge < -0.3 is 15.0 Å². The molecule has 1 aromatic heterocycles. The van der Waals surface area contributed by atoms with Crippen molar-refractivity contribution in [3.63, 3.8) is 0 Å². The van der Waals surface area contributed by atoms with Gasteiger partial charge in [0.2, 0.25) is 5.89 Å². The first-order valence-corrected chi connectivity index (χ1v) is 6.76. The number of aromatic nitrogens is 2. The highest BCUT2D eigenvalue weighted by atomic mass is 16.5. The van der Waals surface area contributed by atoms with E-state index in [1.54, 1.807) is 7.11 Å². The molecule has 0 aromatic carbocycles. The molecular weight excluding hydrogens is 230 g/mol. The molecule has 0 amide bonds. The van der Waals surface area contributed by atoms with E-state index >= 15 is 0 Å². The molecule has 5 heteroatoms. The largest absolute Gasteiger partial charge is 0.383 e. The standard InChI is InChI=1S/C13H23N3O2/c1-9-4-3-5-10(6-9)13-15-12(18-16-13)7-11(14)8-17-2/h9-11H,3-8,14H2,1-2H3. The maximum absolute atomic E-state index is 5.87. The Balaban J connectivity index is 1.92. The van der Waals surface area contributed by atoms with Crippen LogP contribution in [0.4, 0.5) is 0 Å². The van der Waals surface area contributed by atoms with E-state index in [2.05, 4.69) is 17.1 Å². The molecule has 5 nitrogen and oxygen atoms in total. The molecule has 1 saturated carbocycles. The molecular formula is C13H23N3O2. The Morgan fingerprint density at radius 2 is 2.33 bits per heavy atom. The summed E-state index contributed by atoms with van der Waals surface area (Å²) in [5, 5.41) is 4.11. The first-order valence-electron chi connectivity index (χ1n) is 6.76. The van der Waals surface area contributed by atoms with E-state index in [1.165, 1.54) is 25.7 Å². The zero-order chi connectivity index (χ0) is 13.0. The van der Waals surface area contributed by atoms with Crippen molar-refractivity contribution in [1.29, 1.82) is 0 Å². The third-order valence-corrected chi connectivity index (χ3v) is 3.60. The van der Waals surface area contributed by atoms with Gasteiger partial charge in [0, 0.05) is 25.5 Å². The Bertz CT molecular complexity index is 367. The summed E-state index contributed by atoms with van der Waals surface area (Å²) in [6.45, 7) is 2.81. The Labute approximate surface area is 108 Å². The second-order valence-electron chi connectivity index (χ2n) is 5.43. The maximum atomic E-state index is 5.87. The summed E-state index contributed by atoms with van der Waals surface area (Å²) < 4.78 is 10.3. The Hall–Kier alpha value is -0.940. The van der Waals surface area contributed by atoms with Crippen molar-refractivity contribution in [2.75, 3.05) is 13.7 Å². The minimum atomic E-state index is -0.0754. The first-order chi connectivity index (χ1) is 8.69. The maximum Gasteiger partial charge on any atom is 0.228 e. The van der Waals surface area contributed by atoms with Crippen molar-refractivity contribution in [3.05, 3.63) is 11.7 Å². The SMILES string of the molecule is COCC(N)Cc1nc(C2CCCC(C)C2)no1. The highest BCUT2D eigenvalue weighted by Gasteiger charge is 2.24. The van der Waals surface area contributed by atoms with Crippen LogP contribution in [-0.2, 0) is 11.2 Å². The van der Waals surface area contributed by atoms with Gasteiger partial charge in [0.1, 0.15) is 0 Å². The van der Waals surface area contributed by atoms with Crippen LogP contribution in [0.15, 0.2) is 4.52 Å². The minimum absolute atomic E-state index is 0.0754. The molecule has 1 aliphatic carbocycles. The van der Waals surface area contributed by atoms with Gasteiger partial charge >= 0.3 is 0 Å². The molecule has 0 spiro atoms. The monoisotopic (exact) mass is 253 g/mol. The van der Waals surface area contributed by atoms with E-state index in [0.29, 0.717) is 24.8 Å². The van der Waals surface area contributed by atoms with E-state index in [-0.39, 0.29) is 6.04 Å². The van der Waals surface area contributed by atoms with Crippen molar-refractivity contribution < 1.29 is 9.26 Å². The van der Waals surface area contributed by atoms with Crippen LogP contribution in [0.5, 0.6) is 0 Å². The topological polar surface area (TPSA) is 74.2 Å². The molecule has 18 heavy (non-hydrogen) atoms. The predicted molar refractivity (Wildman–Crippen MR) is 68.2 cm³/mol. The molecule has 3 atom stereocenters. The van der Waals surface area contributed by atoms with Crippen molar-refractivity contribution in [2.24, 2.45) is 11.7 Å². The van der Waals surface area contributed by atoms with E-state index in [4.69, 9.17) is 15.0 Å². The molecule has 3 unspecified atom stereocenters. The summed E-state index contributed by atoms with van der Waals surface area (Å²) in [6, 6.07) is -0.0754. The van der Waals surface area contributed by atoms with Crippen molar-refractivity contribution in [2.45, 2.75) is 51.0 Å². The van der Waals surface area contributed by atoms with Crippen LogP contribution in [0, 0.1) is 5.92 Å². The summed E-state index contributed by atoms with van der Waals surface area (Å²) >= 11 is 0. The predicted octanol–water partition coefficient (Wildman–Crippen LogP) is 1.88. The number of nitrogens with zero attached hydrogens (tertiary/aromatic N) is 2.